The largest absolute Gasteiger partial charge is 0.469 e. The minimum absolute atomic E-state index is 0.0348. The second-order valence-electron chi connectivity index (χ2n) is 4.73. The Balaban J connectivity index is 2.06. The molecule has 96 valence electrons. The van der Waals surface area contributed by atoms with Crippen LogP contribution in [-0.2, 0) is 23.8 Å². The van der Waals surface area contributed by atoms with Crippen LogP contribution in [0.5, 0.6) is 0 Å². The van der Waals surface area contributed by atoms with Crippen LogP contribution in [0.4, 0.5) is 0 Å². The second-order valence-corrected chi connectivity index (χ2v) is 4.73. The molecule has 1 heterocycles. The molecule has 1 aliphatic heterocycles. The Kier molecular flexibility index (Phi) is 3.79. The third-order valence-electron chi connectivity index (χ3n) is 3.61. The monoisotopic (exact) mass is 242 g/mol. The van der Waals surface area contributed by atoms with Crippen molar-refractivity contribution >= 4 is 11.8 Å². The van der Waals surface area contributed by atoms with Crippen LogP contribution in [0.3, 0.4) is 0 Å². The van der Waals surface area contributed by atoms with Crippen LogP contribution >= 0.6 is 0 Å². The van der Waals surface area contributed by atoms with E-state index in [1.54, 1.807) is 0 Å². The Labute approximate surface area is 100 Å². The lowest BCUT2D eigenvalue weighted by atomic mass is 9.74. The summed E-state index contributed by atoms with van der Waals surface area (Å²) in [6, 6.07) is 0. The minimum Gasteiger partial charge on any atom is -0.469 e. The molecule has 1 saturated heterocycles. The number of Topliss-reactive ketones (excluding diaryl/α,β-unsaturated/α-hetero) is 1. The first-order valence-electron chi connectivity index (χ1n) is 5.97. The van der Waals surface area contributed by atoms with Crippen molar-refractivity contribution in [1.29, 1.82) is 0 Å². The number of rotatable bonds is 2. The molecule has 1 saturated carbocycles. The van der Waals surface area contributed by atoms with Crippen molar-refractivity contribution in [1.82, 2.24) is 0 Å². The summed E-state index contributed by atoms with van der Waals surface area (Å²) in [6.07, 6.45) is 0.396. The predicted octanol–water partition coefficient (Wildman–Crippen LogP) is 0.764. The highest BCUT2D eigenvalue weighted by molar-refractivity contribution is 5.85. The molecule has 2 fully saturated rings. The number of hydrogen-bond donors (Lipinski definition) is 0. The van der Waals surface area contributed by atoms with Crippen molar-refractivity contribution in [3.8, 4) is 0 Å². The van der Waals surface area contributed by atoms with Crippen molar-refractivity contribution < 1.29 is 23.8 Å². The molecule has 0 radical (unpaired) electrons. The molecule has 3 atom stereocenters. The van der Waals surface area contributed by atoms with Crippen LogP contribution < -0.4 is 0 Å². The maximum absolute atomic E-state index is 11.9. The van der Waals surface area contributed by atoms with Crippen LogP contribution in [0.1, 0.15) is 19.8 Å². The van der Waals surface area contributed by atoms with E-state index in [0.29, 0.717) is 26.1 Å². The van der Waals surface area contributed by atoms with Crippen molar-refractivity contribution in [2.45, 2.75) is 26.1 Å². The fraction of sp³-hybridized carbons (Fsp3) is 0.833. The molecule has 0 bridgehead atoms. The molecule has 0 amide bonds. The SMILES string of the molecule is COC(=O)C1C[C@@H](C2OCCO2)C(=O)C[C@H]1C. The molecule has 0 N–H and O–H groups in total. The van der Waals surface area contributed by atoms with Gasteiger partial charge < -0.3 is 14.2 Å². The smallest absolute Gasteiger partial charge is 0.308 e. The van der Waals surface area contributed by atoms with Gasteiger partial charge in [0, 0.05) is 6.42 Å². The lowest BCUT2D eigenvalue weighted by Crippen LogP contribution is -2.41. The molecule has 1 unspecified atom stereocenters. The first-order valence-corrected chi connectivity index (χ1v) is 5.97. The summed E-state index contributed by atoms with van der Waals surface area (Å²) in [5, 5.41) is 0. The number of hydrogen-bond acceptors (Lipinski definition) is 5. The van der Waals surface area contributed by atoms with Gasteiger partial charge in [0.15, 0.2) is 6.29 Å². The zero-order chi connectivity index (χ0) is 12.4. The van der Waals surface area contributed by atoms with Crippen LogP contribution in [0.15, 0.2) is 0 Å². The normalized spacial score (nSPS) is 34.9. The number of carbonyl (C=O) groups is 2. The maximum Gasteiger partial charge on any atom is 0.308 e. The highest BCUT2D eigenvalue weighted by atomic mass is 16.7. The summed E-state index contributed by atoms with van der Waals surface area (Å²) in [5.41, 5.74) is 0. The Hall–Kier alpha value is -0.940. The molecule has 0 aromatic heterocycles. The van der Waals surface area contributed by atoms with E-state index in [4.69, 9.17) is 14.2 Å². The first-order chi connectivity index (χ1) is 8.13. The van der Waals surface area contributed by atoms with E-state index in [-0.39, 0.29) is 29.5 Å². The molecular weight excluding hydrogens is 224 g/mol. The fourth-order valence-corrected chi connectivity index (χ4v) is 2.60. The molecule has 0 aromatic carbocycles. The van der Waals surface area contributed by atoms with E-state index in [0.717, 1.165) is 0 Å². The Morgan fingerprint density at radius 3 is 2.59 bits per heavy atom. The molecule has 5 nitrogen and oxygen atoms in total. The highest BCUT2D eigenvalue weighted by Gasteiger charge is 2.43. The van der Waals surface area contributed by atoms with Crippen molar-refractivity contribution in [2.75, 3.05) is 20.3 Å². The summed E-state index contributed by atoms with van der Waals surface area (Å²) >= 11 is 0. The van der Waals surface area contributed by atoms with Gasteiger partial charge in [-0.15, -0.1) is 0 Å². The van der Waals surface area contributed by atoms with Gasteiger partial charge in [0.2, 0.25) is 0 Å². The molecule has 17 heavy (non-hydrogen) atoms. The number of esters is 1. The van der Waals surface area contributed by atoms with Gasteiger partial charge in [-0.1, -0.05) is 6.92 Å². The zero-order valence-electron chi connectivity index (χ0n) is 10.2. The van der Waals surface area contributed by atoms with E-state index >= 15 is 0 Å². The van der Waals surface area contributed by atoms with E-state index in [2.05, 4.69) is 0 Å². The quantitative estimate of drug-likeness (QED) is 0.669. The number of ether oxygens (including phenoxy) is 3. The van der Waals surface area contributed by atoms with E-state index < -0.39 is 6.29 Å². The van der Waals surface area contributed by atoms with E-state index in [1.807, 2.05) is 6.92 Å². The van der Waals surface area contributed by atoms with Crippen LogP contribution in [0.2, 0.25) is 0 Å². The van der Waals surface area contributed by atoms with Gasteiger partial charge in [-0.3, -0.25) is 9.59 Å². The van der Waals surface area contributed by atoms with E-state index in [9.17, 15) is 9.59 Å². The second kappa shape index (κ2) is 5.14. The van der Waals surface area contributed by atoms with Crippen molar-refractivity contribution in [3.05, 3.63) is 0 Å². The minimum atomic E-state index is -0.470. The lowest BCUT2D eigenvalue weighted by Gasteiger charge is -2.33. The summed E-state index contributed by atoms with van der Waals surface area (Å²) in [7, 11) is 1.38. The first kappa shape index (κ1) is 12.5. The van der Waals surface area contributed by atoms with Crippen LogP contribution in [0, 0.1) is 17.8 Å². The average molecular weight is 242 g/mol. The topological polar surface area (TPSA) is 61.8 Å². The Morgan fingerprint density at radius 2 is 2.00 bits per heavy atom. The zero-order valence-corrected chi connectivity index (χ0v) is 10.2. The van der Waals surface area contributed by atoms with Gasteiger partial charge in [0.05, 0.1) is 32.2 Å². The molecule has 1 aliphatic carbocycles. The summed E-state index contributed by atoms with van der Waals surface area (Å²) in [5.74, 6) is -0.626. The molecule has 0 aromatic rings. The Bertz CT molecular complexity index is 308. The van der Waals surface area contributed by atoms with E-state index in [1.165, 1.54) is 7.11 Å². The predicted molar refractivity (Wildman–Crippen MR) is 58.1 cm³/mol. The number of methoxy groups -OCH3 is 1. The van der Waals surface area contributed by atoms with Gasteiger partial charge in [0.1, 0.15) is 5.78 Å². The summed E-state index contributed by atoms with van der Waals surface area (Å²) in [4.78, 5) is 23.6. The molecule has 2 rings (SSSR count). The van der Waals surface area contributed by atoms with Crippen molar-refractivity contribution in [3.63, 3.8) is 0 Å². The third-order valence-corrected chi connectivity index (χ3v) is 3.61. The molecular formula is C12H18O5. The number of ketones is 1. The van der Waals surface area contributed by atoms with Gasteiger partial charge in [-0.25, -0.2) is 0 Å². The van der Waals surface area contributed by atoms with Crippen molar-refractivity contribution in [2.24, 2.45) is 17.8 Å². The lowest BCUT2D eigenvalue weighted by molar-refractivity contribution is -0.158. The van der Waals surface area contributed by atoms with Gasteiger partial charge in [0.25, 0.3) is 0 Å². The molecule has 2 aliphatic rings. The van der Waals surface area contributed by atoms with Crippen LogP contribution in [-0.4, -0.2) is 38.4 Å². The highest BCUT2D eigenvalue weighted by Crippen LogP contribution is 2.35. The Morgan fingerprint density at radius 1 is 1.35 bits per heavy atom. The third kappa shape index (κ3) is 2.50. The van der Waals surface area contributed by atoms with Gasteiger partial charge >= 0.3 is 5.97 Å². The maximum atomic E-state index is 11.9. The van der Waals surface area contributed by atoms with Gasteiger partial charge in [-0.2, -0.15) is 0 Å². The van der Waals surface area contributed by atoms with Crippen LogP contribution in [0.25, 0.3) is 0 Å². The summed E-state index contributed by atoms with van der Waals surface area (Å²) < 4.78 is 15.5. The standard InChI is InChI=1S/C12H18O5/c1-7-5-10(13)9(12-16-3-4-17-12)6-8(7)11(14)15-2/h7-9,12H,3-6H2,1-2H3/t7-,8?,9-/m1/s1. The number of carbonyl (C=O) groups excluding carboxylic acids is 2. The summed E-state index contributed by atoms with van der Waals surface area (Å²) in [6.45, 7) is 2.95. The molecule has 5 heteroatoms. The fourth-order valence-electron chi connectivity index (χ4n) is 2.60. The van der Waals surface area contributed by atoms with Gasteiger partial charge in [-0.05, 0) is 12.3 Å². The average Bonchev–Trinajstić information content (AvgIpc) is 2.81. The molecule has 0 spiro atoms.